The van der Waals surface area contributed by atoms with Crippen molar-refractivity contribution in [1.29, 1.82) is 0 Å². The molecule has 2 saturated heterocycles. The fourth-order valence-corrected chi connectivity index (χ4v) is 5.28. The molecule has 39 heavy (non-hydrogen) atoms. The Balaban J connectivity index is 1.16. The minimum Gasteiger partial charge on any atom is -0.444 e. The molecule has 11 heteroatoms. The molecule has 1 aromatic heterocycles. The maximum atomic E-state index is 12.9. The number of ether oxygens (including phenoxy) is 1. The van der Waals surface area contributed by atoms with Gasteiger partial charge < -0.3 is 15.0 Å². The number of carbonyl (C=O) groups excluding carboxylic acids is 4. The average Bonchev–Trinajstić information content (AvgIpc) is 3.03. The van der Waals surface area contributed by atoms with Crippen molar-refractivity contribution in [3.63, 3.8) is 0 Å². The number of likely N-dealkylation sites (tertiary alicyclic amines) is 1. The fraction of sp³-hybridized carbons (Fsp3) is 0.536. The first-order valence-corrected chi connectivity index (χ1v) is 13.2. The highest BCUT2D eigenvalue weighted by molar-refractivity contribution is 6.00. The van der Waals surface area contributed by atoms with E-state index in [0.717, 1.165) is 5.56 Å². The summed E-state index contributed by atoms with van der Waals surface area (Å²) in [5, 5.41) is 5.12. The van der Waals surface area contributed by atoms with Gasteiger partial charge in [0, 0.05) is 44.1 Å². The van der Waals surface area contributed by atoms with Gasteiger partial charge in [0.15, 0.2) is 0 Å². The molecule has 2 aromatic rings. The van der Waals surface area contributed by atoms with Gasteiger partial charge in [-0.05, 0) is 58.2 Å². The van der Waals surface area contributed by atoms with Crippen LogP contribution in [0.4, 0.5) is 4.79 Å². The first-order valence-electron chi connectivity index (χ1n) is 13.2. The van der Waals surface area contributed by atoms with Gasteiger partial charge in [-0.2, -0.15) is 0 Å². The number of fused-ring (bicyclic) bond motifs is 1. The predicted molar refractivity (Wildman–Crippen MR) is 141 cm³/mol. The van der Waals surface area contributed by atoms with Gasteiger partial charge in [-0.3, -0.25) is 28.8 Å². The summed E-state index contributed by atoms with van der Waals surface area (Å²) < 4.78 is 8.19. The lowest BCUT2D eigenvalue weighted by atomic mass is 9.78. The highest BCUT2D eigenvalue weighted by Crippen LogP contribution is 2.32. The first kappa shape index (κ1) is 26.5. The van der Waals surface area contributed by atoms with E-state index in [-0.39, 0.29) is 48.2 Å². The van der Waals surface area contributed by atoms with Crippen LogP contribution in [0.5, 0.6) is 0 Å². The van der Waals surface area contributed by atoms with E-state index in [0.29, 0.717) is 37.0 Å². The monoisotopic (exact) mass is 535 g/mol. The number of rotatable bonds is 3. The third kappa shape index (κ3) is 5.41. The van der Waals surface area contributed by atoms with Gasteiger partial charge in [0.05, 0.1) is 17.0 Å². The van der Waals surface area contributed by atoms with Crippen LogP contribution in [0.1, 0.15) is 58.1 Å². The summed E-state index contributed by atoms with van der Waals surface area (Å²) in [4.78, 5) is 63.2. The molecule has 2 aliphatic heterocycles. The quantitative estimate of drug-likeness (QED) is 0.452. The number of nitrogens with one attached hydrogen (secondary N) is 2. The molecule has 1 saturated carbocycles. The molecule has 0 radical (unpaired) electrons. The minimum atomic E-state index is -0.728. The molecule has 3 fully saturated rings. The summed E-state index contributed by atoms with van der Waals surface area (Å²) in [5.74, 6) is 5.66. The molecule has 206 valence electrons. The van der Waals surface area contributed by atoms with Crippen molar-refractivity contribution in [3.05, 3.63) is 34.2 Å². The van der Waals surface area contributed by atoms with E-state index in [1.165, 1.54) is 9.13 Å². The number of alkyl carbamates (subject to hydrolysis) is 1. The summed E-state index contributed by atoms with van der Waals surface area (Å²) >= 11 is 0. The highest BCUT2D eigenvalue weighted by atomic mass is 16.6. The number of aromatic nitrogens is 2. The maximum absolute atomic E-state index is 12.9. The predicted octanol–water partition coefficient (Wildman–Crippen LogP) is 1.43. The summed E-state index contributed by atoms with van der Waals surface area (Å²) in [5.41, 5.74) is 1.13. The minimum absolute atomic E-state index is 0.0404. The third-order valence-electron chi connectivity index (χ3n) is 7.43. The second kappa shape index (κ2) is 9.91. The van der Waals surface area contributed by atoms with Crippen molar-refractivity contribution < 1.29 is 23.9 Å². The Bertz CT molecular complexity index is 1470. The lowest BCUT2D eigenvalue weighted by Crippen LogP contribution is -2.56. The number of imidazole rings is 1. The maximum Gasteiger partial charge on any atom is 0.407 e. The van der Waals surface area contributed by atoms with Crippen molar-refractivity contribution in [1.82, 2.24) is 24.7 Å². The molecule has 5 rings (SSSR count). The Kier molecular flexibility index (Phi) is 6.74. The van der Waals surface area contributed by atoms with Crippen LogP contribution in [0.2, 0.25) is 0 Å². The molecule has 1 unspecified atom stereocenters. The molecule has 1 aromatic carbocycles. The molecule has 3 aliphatic rings. The number of amides is 4. The fourth-order valence-electron chi connectivity index (χ4n) is 5.28. The van der Waals surface area contributed by atoms with Gasteiger partial charge in [0.2, 0.25) is 17.7 Å². The Morgan fingerprint density at radius 3 is 2.49 bits per heavy atom. The Labute approximate surface area is 225 Å². The van der Waals surface area contributed by atoms with E-state index < -0.39 is 23.6 Å². The second-order valence-electron chi connectivity index (χ2n) is 11.6. The molecular weight excluding hydrogens is 502 g/mol. The van der Waals surface area contributed by atoms with Crippen LogP contribution in [0.3, 0.4) is 0 Å². The Morgan fingerprint density at radius 1 is 1.10 bits per heavy atom. The zero-order valence-electron chi connectivity index (χ0n) is 22.6. The molecule has 3 heterocycles. The standard InChI is InChI=1S/C28H33N5O6/c1-28(2,3)39-26(37)29-19-12-18(13-19)25(36)32-14-17(15-32)6-5-16-7-8-20-22(11-16)31(4)27(38)33(20)21-9-10-23(34)30-24(21)35/h7-8,11,17-19,21H,9-10,12-15H2,1-4H3,(H,29,37)(H,30,34,35). The van der Waals surface area contributed by atoms with Crippen molar-refractivity contribution in [3.8, 4) is 11.8 Å². The molecule has 4 amide bonds. The van der Waals surface area contributed by atoms with Gasteiger partial charge >= 0.3 is 11.8 Å². The molecule has 0 bridgehead atoms. The first-order chi connectivity index (χ1) is 18.4. The van der Waals surface area contributed by atoms with Crippen LogP contribution < -0.4 is 16.3 Å². The number of nitrogens with zero attached hydrogens (tertiary/aromatic N) is 3. The average molecular weight is 536 g/mol. The van der Waals surface area contributed by atoms with Gasteiger partial charge in [-0.15, -0.1) is 0 Å². The Hall–Kier alpha value is -4.07. The molecule has 0 spiro atoms. The van der Waals surface area contributed by atoms with E-state index in [1.54, 1.807) is 18.0 Å². The van der Waals surface area contributed by atoms with Crippen molar-refractivity contribution >= 4 is 34.8 Å². The van der Waals surface area contributed by atoms with Gasteiger partial charge in [-0.1, -0.05) is 11.8 Å². The van der Waals surface area contributed by atoms with Crippen LogP contribution in [-0.2, 0) is 26.2 Å². The zero-order valence-corrected chi connectivity index (χ0v) is 22.6. The van der Waals surface area contributed by atoms with Crippen LogP contribution in [0.15, 0.2) is 23.0 Å². The van der Waals surface area contributed by atoms with Crippen molar-refractivity contribution in [2.45, 2.75) is 64.1 Å². The molecular formula is C28H33N5O6. The molecule has 11 nitrogen and oxygen atoms in total. The smallest absolute Gasteiger partial charge is 0.407 e. The van der Waals surface area contributed by atoms with Gasteiger partial charge in [-0.25, -0.2) is 9.59 Å². The molecule has 1 aliphatic carbocycles. The number of piperidine rings is 1. The van der Waals surface area contributed by atoms with E-state index in [9.17, 15) is 24.0 Å². The lowest BCUT2D eigenvalue weighted by molar-refractivity contribution is -0.144. The summed E-state index contributed by atoms with van der Waals surface area (Å²) in [6.07, 6.45) is 1.24. The normalized spacial score (nSPS) is 23.3. The number of hydrogen-bond donors (Lipinski definition) is 2. The highest BCUT2D eigenvalue weighted by Gasteiger charge is 2.41. The Morgan fingerprint density at radius 2 is 1.82 bits per heavy atom. The summed E-state index contributed by atoms with van der Waals surface area (Å²) in [7, 11) is 1.65. The number of carbonyl (C=O) groups is 4. The number of aryl methyl sites for hydroxylation is 1. The van der Waals surface area contributed by atoms with Crippen LogP contribution in [0, 0.1) is 23.7 Å². The van der Waals surface area contributed by atoms with Gasteiger partial charge in [0.1, 0.15) is 11.6 Å². The number of hydrogen-bond acceptors (Lipinski definition) is 6. The SMILES string of the molecule is Cn1c(=O)n(C2CCC(=O)NC2=O)c2ccc(C#CC3CN(C(=O)C4CC(NC(=O)OC(C)(C)C)C4)C3)cc21. The van der Waals surface area contributed by atoms with Crippen molar-refractivity contribution in [2.24, 2.45) is 18.9 Å². The summed E-state index contributed by atoms with van der Waals surface area (Å²) in [6.45, 7) is 6.57. The summed E-state index contributed by atoms with van der Waals surface area (Å²) in [6, 6.07) is 4.64. The van der Waals surface area contributed by atoms with Crippen LogP contribution >= 0.6 is 0 Å². The molecule has 1 atom stereocenters. The largest absolute Gasteiger partial charge is 0.444 e. The molecule has 2 N–H and O–H groups in total. The third-order valence-corrected chi connectivity index (χ3v) is 7.43. The van der Waals surface area contributed by atoms with Gasteiger partial charge in [0.25, 0.3) is 0 Å². The van der Waals surface area contributed by atoms with Crippen LogP contribution in [-0.4, -0.2) is 62.6 Å². The topological polar surface area (TPSA) is 132 Å². The number of benzene rings is 1. The van der Waals surface area contributed by atoms with Crippen molar-refractivity contribution in [2.75, 3.05) is 13.1 Å². The van der Waals surface area contributed by atoms with Crippen LogP contribution in [0.25, 0.3) is 11.0 Å². The lowest BCUT2D eigenvalue weighted by Gasteiger charge is -2.43. The van der Waals surface area contributed by atoms with E-state index in [4.69, 9.17) is 4.74 Å². The van der Waals surface area contributed by atoms with E-state index in [2.05, 4.69) is 22.5 Å². The second-order valence-corrected chi connectivity index (χ2v) is 11.6. The van der Waals surface area contributed by atoms with E-state index >= 15 is 0 Å². The zero-order chi connectivity index (χ0) is 28.1. The van der Waals surface area contributed by atoms with E-state index in [1.807, 2.05) is 32.9 Å². The number of imide groups is 1.